The molecule has 0 aliphatic rings. The van der Waals surface area contributed by atoms with Crippen molar-refractivity contribution >= 4 is 19.7 Å². The van der Waals surface area contributed by atoms with Crippen molar-refractivity contribution in [3.63, 3.8) is 0 Å². The van der Waals surface area contributed by atoms with Gasteiger partial charge in [-0.25, -0.2) is 4.57 Å². The van der Waals surface area contributed by atoms with E-state index >= 15 is 0 Å². The fourth-order valence-corrected chi connectivity index (χ4v) is 6.34. The number of phosphoric ester groups is 1. The van der Waals surface area contributed by atoms with Crippen LogP contribution in [0.25, 0.3) is 0 Å². The average Bonchev–Trinajstić information content (AvgIpc) is 3.27. The summed E-state index contributed by atoms with van der Waals surface area (Å²) in [5.74, 6) is -0.592. The highest BCUT2D eigenvalue weighted by Gasteiger charge is 2.23. The van der Waals surface area contributed by atoms with Crippen molar-refractivity contribution in [3.05, 3.63) is 134 Å². The molecule has 1 amide bonds. The smallest absolute Gasteiger partial charge is 0.463 e. The van der Waals surface area contributed by atoms with E-state index in [9.17, 15) is 24.2 Å². The molecule has 2 atom stereocenters. The van der Waals surface area contributed by atoms with Crippen molar-refractivity contribution in [1.82, 2.24) is 5.32 Å². The number of carbonyl (C=O) groups is 2. The molecule has 63 heavy (non-hydrogen) atoms. The quantitative estimate of drug-likeness (QED) is 0.0239. The van der Waals surface area contributed by atoms with Gasteiger partial charge in [0.05, 0.1) is 13.2 Å². The minimum absolute atomic E-state index is 0.0460. The lowest BCUT2D eigenvalue weighted by Gasteiger charge is -2.15. The molecule has 2 unspecified atom stereocenters. The molecule has 3 N–H and O–H groups in total. The number of aliphatic hydroxyl groups is 1. The van der Waals surface area contributed by atoms with Crippen molar-refractivity contribution in [2.24, 2.45) is 0 Å². The molecule has 0 bridgehead atoms. The fourth-order valence-electron chi connectivity index (χ4n) is 5.58. The molecule has 0 fully saturated rings. The van der Waals surface area contributed by atoms with Crippen LogP contribution < -0.4 is 5.32 Å². The average molecular weight is 894 g/mol. The van der Waals surface area contributed by atoms with E-state index in [2.05, 4.69) is 153 Å². The van der Waals surface area contributed by atoms with E-state index in [1.807, 2.05) is 0 Å². The third kappa shape index (κ3) is 49.0. The normalized spacial score (nSPS) is 14.4. The Morgan fingerprint density at radius 1 is 0.492 bits per heavy atom. The number of rotatable bonds is 42. The first kappa shape index (κ1) is 59.1. The monoisotopic (exact) mass is 894 g/mol. The lowest BCUT2D eigenvalue weighted by Crippen LogP contribution is -2.27. The first-order valence-corrected chi connectivity index (χ1v) is 25.2. The Bertz CT molecular complexity index is 1480. The molecule has 354 valence electrons. The summed E-state index contributed by atoms with van der Waals surface area (Å²) in [5, 5.41) is 12.7. The van der Waals surface area contributed by atoms with E-state index in [1.54, 1.807) is 0 Å². The van der Waals surface area contributed by atoms with E-state index < -0.39 is 26.5 Å². The van der Waals surface area contributed by atoms with E-state index in [1.165, 1.54) is 0 Å². The second-order valence-electron chi connectivity index (χ2n) is 15.0. The Kier molecular flexibility index (Phi) is 44.7. The second kappa shape index (κ2) is 47.6. The number of esters is 1. The number of phosphoric acid groups is 1. The maximum atomic E-state index is 12.1. The molecular weight excluding hydrogens is 810 g/mol. The fraction of sp³-hybridized carbons (Fsp3) is 0.547. The van der Waals surface area contributed by atoms with Gasteiger partial charge in [0.1, 0.15) is 12.7 Å². The molecular formula is C53H84NO8P. The highest BCUT2D eigenvalue weighted by Crippen LogP contribution is 2.42. The standard InChI is InChI=1S/C53H84NO8P/c1-3-5-7-9-11-13-15-17-19-21-23-25-27-29-31-33-35-37-39-41-43-45-52(56)54-47-48-61-63(58,59)62-50-51(55)49-60-53(57)46-44-42-40-38-36-34-32-30-28-26-24-22-20-18-16-14-12-10-8-6-4-2/h5-8,11-14,17-20,23-26,29-32,35,37,51,55H,3-4,9-10,15-16,21-22,27-28,33-34,36,38-50H2,1-2H3,(H,54,56)(H,58,59)/b7-5-,8-6-,13-11-,14-12-,19-17-,20-18-,25-23-,26-24-,31-29-,32-30-,37-35-. The van der Waals surface area contributed by atoms with Crippen LogP contribution in [0.5, 0.6) is 0 Å². The molecule has 9 nitrogen and oxygen atoms in total. The number of ether oxygens (including phenoxy) is 1. The van der Waals surface area contributed by atoms with E-state index in [0.717, 1.165) is 122 Å². The summed E-state index contributed by atoms with van der Waals surface area (Å²) in [6.45, 7) is 3.22. The van der Waals surface area contributed by atoms with Crippen LogP contribution in [0.4, 0.5) is 0 Å². The van der Waals surface area contributed by atoms with Crippen LogP contribution in [0.15, 0.2) is 134 Å². The molecule has 0 aliphatic carbocycles. The zero-order chi connectivity index (χ0) is 46.0. The summed E-state index contributed by atoms with van der Waals surface area (Å²) in [6, 6.07) is 0. The van der Waals surface area contributed by atoms with Gasteiger partial charge in [-0.15, -0.1) is 0 Å². The summed E-state index contributed by atoms with van der Waals surface area (Å²) in [7, 11) is -4.45. The number of nitrogens with one attached hydrogen (secondary N) is 1. The van der Waals surface area contributed by atoms with Crippen LogP contribution in [-0.4, -0.2) is 54.3 Å². The van der Waals surface area contributed by atoms with Gasteiger partial charge in [0, 0.05) is 19.4 Å². The number of unbranched alkanes of at least 4 members (excludes halogenated alkanes) is 7. The Morgan fingerprint density at radius 2 is 0.857 bits per heavy atom. The topological polar surface area (TPSA) is 131 Å². The minimum atomic E-state index is -4.45. The number of hydrogen-bond donors (Lipinski definition) is 3. The number of aliphatic hydroxyl groups excluding tert-OH is 1. The summed E-state index contributed by atoms with van der Waals surface area (Å²) in [6.07, 6.45) is 66.7. The molecule has 0 spiro atoms. The third-order valence-corrected chi connectivity index (χ3v) is 10.1. The van der Waals surface area contributed by atoms with Crippen molar-refractivity contribution in [2.45, 2.75) is 161 Å². The van der Waals surface area contributed by atoms with Gasteiger partial charge in [0.15, 0.2) is 0 Å². The molecule has 0 rings (SSSR count). The Labute approximate surface area is 382 Å². The maximum Gasteiger partial charge on any atom is 0.472 e. The van der Waals surface area contributed by atoms with Crippen LogP contribution in [0.2, 0.25) is 0 Å². The van der Waals surface area contributed by atoms with E-state index in [4.69, 9.17) is 13.8 Å². The summed E-state index contributed by atoms with van der Waals surface area (Å²) in [5.41, 5.74) is 0. The van der Waals surface area contributed by atoms with Gasteiger partial charge in [-0.05, 0) is 109 Å². The largest absolute Gasteiger partial charge is 0.472 e. The molecule has 0 aromatic carbocycles. The Morgan fingerprint density at radius 3 is 1.30 bits per heavy atom. The summed E-state index contributed by atoms with van der Waals surface area (Å²) >= 11 is 0. The molecule has 0 saturated heterocycles. The lowest BCUT2D eigenvalue weighted by molar-refractivity contribution is -0.147. The highest BCUT2D eigenvalue weighted by atomic mass is 31.2. The van der Waals surface area contributed by atoms with Crippen LogP contribution in [-0.2, 0) is 27.9 Å². The van der Waals surface area contributed by atoms with Gasteiger partial charge in [-0.3, -0.25) is 18.6 Å². The van der Waals surface area contributed by atoms with Crippen molar-refractivity contribution in [2.75, 3.05) is 26.4 Å². The number of hydrogen-bond acceptors (Lipinski definition) is 7. The minimum Gasteiger partial charge on any atom is -0.463 e. The predicted molar refractivity (Wildman–Crippen MR) is 265 cm³/mol. The molecule has 10 heteroatoms. The molecule has 0 saturated carbocycles. The number of allylic oxidation sites excluding steroid dienone is 22. The van der Waals surface area contributed by atoms with Crippen LogP contribution in [0.3, 0.4) is 0 Å². The highest BCUT2D eigenvalue weighted by molar-refractivity contribution is 7.47. The SMILES string of the molecule is CC/C=C\C/C=C\C/C=C\C/C=C\C/C=C\C/C=C\CCCCC(=O)NCCOP(=O)(O)OCC(O)COC(=O)CCCCCCC/C=C\C/C=C\C/C=C\C/C=C\C/C=C\CC. The van der Waals surface area contributed by atoms with Gasteiger partial charge in [0.25, 0.3) is 0 Å². The maximum absolute atomic E-state index is 12.1. The Balaban J connectivity index is 3.73. The number of carbonyl (C=O) groups excluding carboxylic acids is 2. The lowest BCUT2D eigenvalue weighted by atomic mass is 10.1. The Hall–Kier alpha value is -3.85. The van der Waals surface area contributed by atoms with Crippen LogP contribution in [0.1, 0.15) is 155 Å². The van der Waals surface area contributed by atoms with Gasteiger partial charge >= 0.3 is 13.8 Å². The summed E-state index contributed by atoms with van der Waals surface area (Å²) in [4.78, 5) is 34.0. The second-order valence-corrected chi connectivity index (χ2v) is 16.4. The molecule has 0 radical (unpaired) electrons. The van der Waals surface area contributed by atoms with Crippen LogP contribution >= 0.6 is 7.82 Å². The first-order valence-electron chi connectivity index (χ1n) is 23.7. The van der Waals surface area contributed by atoms with E-state index in [-0.39, 0.29) is 32.1 Å². The van der Waals surface area contributed by atoms with Gasteiger partial charge in [0.2, 0.25) is 5.91 Å². The zero-order valence-electron chi connectivity index (χ0n) is 39.0. The van der Waals surface area contributed by atoms with Gasteiger partial charge in [-0.1, -0.05) is 167 Å². The van der Waals surface area contributed by atoms with E-state index in [0.29, 0.717) is 12.8 Å². The predicted octanol–water partition coefficient (Wildman–Crippen LogP) is 13.9. The zero-order valence-corrected chi connectivity index (χ0v) is 39.8. The summed E-state index contributed by atoms with van der Waals surface area (Å²) < 4.78 is 26.9. The van der Waals surface area contributed by atoms with Gasteiger partial charge < -0.3 is 20.1 Å². The van der Waals surface area contributed by atoms with Crippen molar-refractivity contribution in [1.29, 1.82) is 0 Å². The van der Waals surface area contributed by atoms with Crippen LogP contribution in [0, 0.1) is 0 Å². The number of amides is 1. The van der Waals surface area contributed by atoms with Crippen molar-refractivity contribution < 1.29 is 37.9 Å². The molecule has 0 aliphatic heterocycles. The molecule has 0 aromatic rings. The third-order valence-electron chi connectivity index (χ3n) is 9.08. The molecule has 0 heterocycles. The van der Waals surface area contributed by atoms with Crippen molar-refractivity contribution in [3.8, 4) is 0 Å². The molecule has 0 aromatic heterocycles. The first-order chi connectivity index (χ1) is 30.8. The van der Waals surface area contributed by atoms with Gasteiger partial charge in [-0.2, -0.15) is 0 Å².